The summed E-state index contributed by atoms with van der Waals surface area (Å²) < 4.78 is 34.2. The van der Waals surface area contributed by atoms with Gasteiger partial charge in [0.05, 0.1) is 24.3 Å². The van der Waals surface area contributed by atoms with E-state index in [-0.39, 0.29) is 42.2 Å². The van der Waals surface area contributed by atoms with Crippen molar-refractivity contribution in [3.8, 4) is 11.5 Å². The van der Waals surface area contributed by atoms with Crippen LogP contribution in [0.15, 0.2) is 58.5 Å². The molecule has 2 aromatic carbocycles. The molecule has 0 aromatic heterocycles. The Labute approximate surface area is 203 Å². The van der Waals surface area contributed by atoms with Crippen LogP contribution in [0.4, 0.5) is 4.39 Å². The summed E-state index contributed by atoms with van der Waals surface area (Å²) in [7, 11) is 0. The summed E-state index contributed by atoms with van der Waals surface area (Å²) in [5, 5.41) is 0.668. The maximum absolute atomic E-state index is 12.7. The first kappa shape index (κ1) is 25.4. The van der Waals surface area contributed by atoms with E-state index in [0.29, 0.717) is 24.0 Å². The summed E-state index contributed by atoms with van der Waals surface area (Å²) in [6.45, 7) is 4.97. The quantitative estimate of drug-likeness (QED) is 0.577. The average molecular weight is 493 g/mol. The minimum Gasteiger partial charge on any atom is -0.491 e. The summed E-state index contributed by atoms with van der Waals surface area (Å²) in [5.41, 5.74) is 10.9. The van der Waals surface area contributed by atoms with Gasteiger partial charge in [-0.1, -0.05) is 17.7 Å². The molecule has 4 atom stereocenters. The molecular formula is C24H30ClFN4O4. The van der Waals surface area contributed by atoms with Crippen LogP contribution >= 0.6 is 11.6 Å². The minimum atomic E-state index is -0.272. The normalized spacial score (nSPS) is 20.6. The van der Waals surface area contributed by atoms with Gasteiger partial charge in [-0.05, 0) is 56.3 Å². The van der Waals surface area contributed by atoms with Crippen molar-refractivity contribution in [1.82, 2.24) is 0 Å². The molecule has 0 saturated heterocycles. The van der Waals surface area contributed by atoms with E-state index in [1.807, 2.05) is 32.0 Å². The summed E-state index contributed by atoms with van der Waals surface area (Å²) >= 11 is 5.88. The van der Waals surface area contributed by atoms with Crippen LogP contribution in [-0.2, 0) is 9.47 Å². The second-order valence-corrected chi connectivity index (χ2v) is 8.54. The molecule has 0 unspecified atom stereocenters. The molecule has 10 heteroatoms. The van der Waals surface area contributed by atoms with Crippen molar-refractivity contribution in [2.45, 2.75) is 51.0 Å². The Hall–Kier alpha value is -3.20. The number of ether oxygens (including phenoxy) is 4. The number of halogens is 2. The van der Waals surface area contributed by atoms with Crippen LogP contribution in [0.25, 0.3) is 0 Å². The third-order valence-corrected chi connectivity index (χ3v) is 5.19. The topological polar surface area (TPSA) is 114 Å². The highest BCUT2D eigenvalue weighted by molar-refractivity contribution is 6.30. The highest BCUT2D eigenvalue weighted by Crippen LogP contribution is 2.20. The van der Waals surface area contributed by atoms with Crippen molar-refractivity contribution in [3.05, 3.63) is 59.4 Å². The predicted octanol–water partition coefficient (Wildman–Crippen LogP) is 3.91. The zero-order valence-corrected chi connectivity index (χ0v) is 20.0. The van der Waals surface area contributed by atoms with Crippen molar-refractivity contribution in [2.75, 3.05) is 13.2 Å². The summed E-state index contributed by atoms with van der Waals surface area (Å²) in [6.07, 6.45) is 1.51. The maximum atomic E-state index is 12.7. The van der Waals surface area contributed by atoms with Gasteiger partial charge in [0, 0.05) is 17.9 Å². The van der Waals surface area contributed by atoms with Crippen LogP contribution in [0, 0.1) is 5.82 Å². The first-order chi connectivity index (χ1) is 16.3. The Morgan fingerprint density at radius 1 is 0.912 bits per heavy atom. The van der Waals surface area contributed by atoms with E-state index in [1.165, 1.54) is 12.1 Å². The zero-order chi connectivity index (χ0) is 24.5. The molecule has 2 aliphatic heterocycles. The number of amidine groups is 2. The molecule has 2 aliphatic rings. The summed E-state index contributed by atoms with van der Waals surface area (Å²) in [5.74, 6) is 1.14. The molecule has 184 valence electrons. The number of hydrogen-bond acceptors (Lipinski definition) is 8. The molecule has 2 aromatic rings. The molecule has 8 nitrogen and oxygen atoms in total. The molecule has 0 fully saturated rings. The highest BCUT2D eigenvalue weighted by Gasteiger charge is 2.21. The van der Waals surface area contributed by atoms with Crippen molar-refractivity contribution in [3.63, 3.8) is 0 Å². The molecule has 0 saturated carbocycles. The molecule has 0 amide bonds. The fourth-order valence-electron chi connectivity index (χ4n) is 3.49. The lowest BCUT2D eigenvalue weighted by atomic mass is 10.1. The number of nitrogens with zero attached hydrogens (tertiary/aromatic N) is 2. The predicted molar refractivity (Wildman–Crippen MR) is 130 cm³/mol. The van der Waals surface area contributed by atoms with Crippen molar-refractivity contribution < 1.29 is 23.3 Å². The van der Waals surface area contributed by atoms with Crippen molar-refractivity contribution >= 4 is 23.6 Å². The van der Waals surface area contributed by atoms with Crippen LogP contribution in [0.1, 0.15) is 26.7 Å². The second-order valence-electron chi connectivity index (χ2n) is 8.10. The molecule has 0 radical (unpaired) electrons. The fourth-order valence-corrected chi connectivity index (χ4v) is 3.67. The Morgan fingerprint density at radius 3 is 1.91 bits per heavy atom. The third-order valence-electron chi connectivity index (χ3n) is 4.96. The van der Waals surface area contributed by atoms with Gasteiger partial charge in [0.2, 0.25) is 0 Å². The first-order valence-electron chi connectivity index (χ1n) is 11.0. The van der Waals surface area contributed by atoms with Gasteiger partial charge in [-0.2, -0.15) is 0 Å². The highest BCUT2D eigenvalue weighted by atomic mass is 35.5. The van der Waals surface area contributed by atoms with E-state index in [2.05, 4.69) is 9.98 Å². The van der Waals surface area contributed by atoms with Crippen LogP contribution in [-0.4, -0.2) is 49.5 Å². The van der Waals surface area contributed by atoms with E-state index in [9.17, 15) is 4.39 Å². The number of hydrogen-bond donors (Lipinski definition) is 2. The van der Waals surface area contributed by atoms with Crippen LogP contribution in [0.5, 0.6) is 11.5 Å². The lowest BCUT2D eigenvalue weighted by molar-refractivity contribution is 0.189. The van der Waals surface area contributed by atoms with Crippen molar-refractivity contribution in [1.29, 1.82) is 0 Å². The van der Waals surface area contributed by atoms with E-state index in [0.717, 1.165) is 18.6 Å². The zero-order valence-electron chi connectivity index (χ0n) is 19.2. The van der Waals surface area contributed by atoms with E-state index >= 15 is 0 Å². The fraction of sp³-hybridized carbons (Fsp3) is 0.417. The SMILES string of the molecule is C[C@@H](C[C@H]1COC(N)=N1)Oc1ccc(F)cc1.C[C@@H](C[C@H]1COC(N)=N1)Oc1cccc(Cl)c1. The summed E-state index contributed by atoms with van der Waals surface area (Å²) in [6, 6.07) is 13.9. The van der Waals surface area contributed by atoms with Gasteiger partial charge in [0.1, 0.15) is 30.5 Å². The molecule has 0 aliphatic carbocycles. The lowest BCUT2D eigenvalue weighted by Crippen LogP contribution is -2.20. The van der Waals surface area contributed by atoms with E-state index in [1.54, 1.807) is 18.2 Å². The van der Waals surface area contributed by atoms with Crippen LogP contribution in [0.2, 0.25) is 5.02 Å². The van der Waals surface area contributed by atoms with Crippen LogP contribution in [0.3, 0.4) is 0 Å². The number of aliphatic imine (C=N–C) groups is 2. The Bertz CT molecular complexity index is 989. The first-order valence-corrected chi connectivity index (χ1v) is 11.4. The molecular weight excluding hydrogens is 463 g/mol. The van der Waals surface area contributed by atoms with Gasteiger partial charge in [0.15, 0.2) is 0 Å². The summed E-state index contributed by atoms with van der Waals surface area (Å²) in [4.78, 5) is 8.27. The molecule has 0 spiro atoms. The van der Waals surface area contributed by atoms with Crippen molar-refractivity contribution in [2.24, 2.45) is 21.5 Å². The maximum Gasteiger partial charge on any atom is 0.282 e. The molecule has 34 heavy (non-hydrogen) atoms. The number of benzene rings is 2. The van der Waals surface area contributed by atoms with Gasteiger partial charge < -0.3 is 30.4 Å². The Kier molecular flexibility index (Phi) is 9.21. The molecule has 0 bridgehead atoms. The molecule has 2 heterocycles. The number of rotatable bonds is 8. The average Bonchev–Trinajstić information content (AvgIpc) is 3.37. The van der Waals surface area contributed by atoms with E-state index in [4.69, 9.17) is 42.0 Å². The number of nitrogens with two attached hydrogens (primary N) is 2. The lowest BCUT2D eigenvalue weighted by Gasteiger charge is -2.16. The second kappa shape index (κ2) is 12.3. The van der Waals surface area contributed by atoms with Gasteiger partial charge in [-0.15, -0.1) is 0 Å². The third kappa shape index (κ3) is 8.62. The largest absolute Gasteiger partial charge is 0.491 e. The van der Waals surface area contributed by atoms with Gasteiger partial charge in [0.25, 0.3) is 12.0 Å². The van der Waals surface area contributed by atoms with Gasteiger partial charge >= 0.3 is 0 Å². The molecule has 4 N–H and O–H groups in total. The van der Waals surface area contributed by atoms with E-state index < -0.39 is 0 Å². The van der Waals surface area contributed by atoms with Gasteiger partial charge in [-0.3, -0.25) is 0 Å². The monoisotopic (exact) mass is 492 g/mol. The Morgan fingerprint density at radius 2 is 1.44 bits per heavy atom. The minimum absolute atomic E-state index is 0.0243. The van der Waals surface area contributed by atoms with Gasteiger partial charge in [-0.25, -0.2) is 14.4 Å². The van der Waals surface area contributed by atoms with Crippen LogP contribution < -0.4 is 20.9 Å². The standard InChI is InChI=1S/C12H15ClN2O2.C12H15FN2O2/c1-8(5-10-7-16-12(14)15-10)17-11-4-2-3-9(13)6-11;1-8(6-10-7-16-12(14)15-10)17-11-4-2-9(13)3-5-11/h2-4,6,8,10H,5,7H2,1H3,(H2,14,15);2-5,8,10H,6-7H2,1H3,(H2,14,15)/t2*8-,10-/m00/s1. The smallest absolute Gasteiger partial charge is 0.282 e. The Balaban J connectivity index is 0.000000191. The molecule has 4 rings (SSSR count).